The Balaban J connectivity index is 2.55. The number of nitrogens with zero attached hydrogens (tertiary/aromatic N) is 2. The molecule has 4 nitrogen and oxygen atoms in total. The van der Waals surface area contributed by atoms with Gasteiger partial charge in [-0.25, -0.2) is 0 Å². The third-order valence-corrected chi connectivity index (χ3v) is 4.24. The van der Waals surface area contributed by atoms with Crippen LogP contribution in [-0.4, -0.2) is 24.2 Å². The van der Waals surface area contributed by atoms with Gasteiger partial charge >= 0.3 is 0 Å². The predicted molar refractivity (Wildman–Crippen MR) is 106 cm³/mol. The molecular weight excluding hydrogens is 324 g/mol. The first-order chi connectivity index (χ1) is 12.8. The number of benzene rings is 1. The lowest BCUT2D eigenvalue weighted by atomic mass is 9.86. The summed E-state index contributed by atoms with van der Waals surface area (Å²) < 4.78 is 11.4. The first-order valence-electron chi connectivity index (χ1n) is 8.14. The number of ether oxygens (including phenoxy) is 2. The minimum atomic E-state index is 0.627. The summed E-state index contributed by atoms with van der Waals surface area (Å²) in [4.78, 5) is 8.27. The normalized spacial score (nSPS) is 10.2. The molecule has 4 heteroatoms. The molecule has 2 aromatic heterocycles. The van der Waals surface area contributed by atoms with Crippen molar-refractivity contribution in [2.45, 2.75) is 0 Å². The third kappa shape index (κ3) is 2.86. The quantitative estimate of drug-likeness (QED) is 0.623. The standard InChI is InChI=1S/C22H20N2O2/c1-5-17-19(15-7-11-23-12-8-15)20(16-9-13-24-14-10-16)18(6-2)22(26-4)21(17)25-3/h5-14H,1-2H2,3-4H3. The van der Waals surface area contributed by atoms with E-state index in [4.69, 9.17) is 9.47 Å². The Morgan fingerprint density at radius 3 is 1.31 bits per heavy atom. The maximum absolute atomic E-state index is 5.68. The van der Waals surface area contributed by atoms with Gasteiger partial charge < -0.3 is 9.47 Å². The molecule has 0 saturated carbocycles. The van der Waals surface area contributed by atoms with Crippen molar-refractivity contribution in [1.82, 2.24) is 9.97 Å². The minimum absolute atomic E-state index is 0.627. The van der Waals surface area contributed by atoms with Gasteiger partial charge in [-0.15, -0.1) is 0 Å². The Hall–Kier alpha value is -3.40. The van der Waals surface area contributed by atoms with E-state index in [0.717, 1.165) is 33.4 Å². The molecule has 0 unspecified atom stereocenters. The van der Waals surface area contributed by atoms with Crippen LogP contribution in [-0.2, 0) is 0 Å². The molecule has 0 saturated heterocycles. The van der Waals surface area contributed by atoms with E-state index in [0.29, 0.717) is 11.5 Å². The van der Waals surface area contributed by atoms with Gasteiger partial charge in [0.05, 0.1) is 14.2 Å². The molecule has 0 aliphatic rings. The second-order valence-electron chi connectivity index (χ2n) is 5.52. The van der Waals surface area contributed by atoms with E-state index in [1.165, 1.54) is 0 Å². The van der Waals surface area contributed by atoms with Crippen LogP contribution in [0.25, 0.3) is 34.4 Å². The SMILES string of the molecule is C=Cc1c(OC)c(OC)c(C=C)c(-c2ccncc2)c1-c1ccncc1. The number of hydrogen-bond donors (Lipinski definition) is 0. The fourth-order valence-corrected chi connectivity index (χ4v) is 3.17. The molecule has 0 radical (unpaired) electrons. The maximum Gasteiger partial charge on any atom is 0.169 e. The molecule has 0 aliphatic heterocycles. The van der Waals surface area contributed by atoms with Crippen LogP contribution in [0.1, 0.15) is 11.1 Å². The Kier molecular flexibility index (Phi) is 5.13. The highest BCUT2D eigenvalue weighted by Crippen LogP contribution is 2.49. The lowest BCUT2D eigenvalue weighted by Crippen LogP contribution is -2.02. The number of pyridine rings is 2. The van der Waals surface area contributed by atoms with Crippen molar-refractivity contribution < 1.29 is 9.47 Å². The van der Waals surface area contributed by atoms with Crippen molar-refractivity contribution >= 4 is 12.2 Å². The van der Waals surface area contributed by atoms with Gasteiger partial charge in [0.15, 0.2) is 11.5 Å². The molecule has 130 valence electrons. The highest BCUT2D eigenvalue weighted by Gasteiger charge is 2.24. The monoisotopic (exact) mass is 344 g/mol. The van der Waals surface area contributed by atoms with Gasteiger partial charge in [-0.3, -0.25) is 9.97 Å². The highest BCUT2D eigenvalue weighted by molar-refractivity contribution is 5.98. The molecule has 0 N–H and O–H groups in total. The van der Waals surface area contributed by atoms with E-state index in [-0.39, 0.29) is 0 Å². The molecule has 0 amide bonds. The van der Waals surface area contributed by atoms with Gasteiger partial charge in [-0.2, -0.15) is 0 Å². The average molecular weight is 344 g/mol. The van der Waals surface area contributed by atoms with Crippen molar-refractivity contribution in [2.75, 3.05) is 14.2 Å². The largest absolute Gasteiger partial charge is 0.492 e. The number of hydrogen-bond acceptors (Lipinski definition) is 4. The highest BCUT2D eigenvalue weighted by atomic mass is 16.5. The average Bonchev–Trinajstić information content (AvgIpc) is 2.72. The predicted octanol–water partition coefficient (Wildman–Crippen LogP) is 5.11. The zero-order valence-electron chi connectivity index (χ0n) is 14.9. The summed E-state index contributed by atoms with van der Waals surface area (Å²) in [6, 6.07) is 7.86. The molecule has 3 aromatic rings. The zero-order chi connectivity index (χ0) is 18.5. The van der Waals surface area contributed by atoms with Crippen molar-refractivity contribution in [1.29, 1.82) is 0 Å². The van der Waals surface area contributed by atoms with Gasteiger partial charge in [0.2, 0.25) is 0 Å². The van der Waals surface area contributed by atoms with E-state index in [9.17, 15) is 0 Å². The van der Waals surface area contributed by atoms with Crippen LogP contribution in [0.4, 0.5) is 0 Å². The van der Waals surface area contributed by atoms with Gasteiger partial charge in [0.25, 0.3) is 0 Å². The topological polar surface area (TPSA) is 44.2 Å². The van der Waals surface area contributed by atoms with E-state index >= 15 is 0 Å². The van der Waals surface area contributed by atoms with Crippen LogP contribution in [0.3, 0.4) is 0 Å². The molecule has 0 bridgehead atoms. The van der Waals surface area contributed by atoms with Gasteiger partial charge in [-0.1, -0.05) is 25.3 Å². The first kappa shape index (κ1) is 17.4. The van der Waals surface area contributed by atoms with E-state index in [1.807, 2.05) is 24.3 Å². The number of methoxy groups -OCH3 is 2. The number of aromatic nitrogens is 2. The van der Waals surface area contributed by atoms with Crippen molar-refractivity contribution in [3.05, 3.63) is 73.3 Å². The van der Waals surface area contributed by atoms with Gasteiger partial charge in [0.1, 0.15) is 0 Å². The Morgan fingerprint density at radius 1 is 0.692 bits per heavy atom. The zero-order valence-corrected chi connectivity index (χ0v) is 14.9. The van der Waals surface area contributed by atoms with Crippen molar-refractivity contribution in [2.24, 2.45) is 0 Å². The van der Waals surface area contributed by atoms with Crippen LogP contribution in [0, 0.1) is 0 Å². The maximum atomic E-state index is 5.68. The molecule has 3 rings (SSSR count). The van der Waals surface area contributed by atoms with Crippen molar-refractivity contribution in [3.63, 3.8) is 0 Å². The molecule has 0 fully saturated rings. The first-order valence-corrected chi connectivity index (χ1v) is 8.14. The summed E-state index contributed by atoms with van der Waals surface area (Å²) in [6.07, 6.45) is 10.6. The minimum Gasteiger partial charge on any atom is -0.492 e. The summed E-state index contributed by atoms with van der Waals surface area (Å²) in [5.41, 5.74) is 5.69. The molecule has 0 aliphatic carbocycles. The third-order valence-electron chi connectivity index (χ3n) is 4.24. The summed E-state index contributed by atoms with van der Waals surface area (Å²) in [7, 11) is 3.25. The van der Waals surface area contributed by atoms with Crippen LogP contribution in [0.2, 0.25) is 0 Å². The molecule has 1 aromatic carbocycles. The van der Waals surface area contributed by atoms with Gasteiger partial charge in [0, 0.05) is 47.0 Å². The second kappa shape index (κ2) is 7.66. The molecule has 0 atom stereocenters. The van der Waals surface area contributed by atoms with Gasteiger partial charge in [-0.05, 0) is 35.4 Å². The summed E-state index contributed by atoms with van der Waals surface area (Å²) in [5, 5.41) is 0. The van der Waals surface area contributed by atoms with E-state index < -0.39 is 0 Å². The lowest BCUT2D eigenvalue weighted by molar-refractivity contribution is 0.354. The second-order valence-corrected chi connectivity index (χ2v) is 5.52. The van der Waals surface area contributed by atoms with Crippen molar-refractivity contribution in [3.8, 4) is 33.8 Å². The molecule has 0 spiro atoms. The fourth-order valence-electron chi connectivity index (χ4n) is 3.17. The molecular formula is C22H20N2O2. The fraction of sp³-hybridized carbons (Fsp3) is 0.0909. The van der Waals surface area contributed by atoms with E-state index in [1.54, 1.807) is 51.2 Å². The van der Waals surface area contributed by atoms with Crippen LogP contribution >= 0.6 is 0 Å². The van der Waals surface area contributed by atoms with Crippen LogP contribution in [0.15, 0.2) is 62.2 Å². The Labute approximate surface area is 153 Å². The number of rotatable bonds is 6. The molecule has 2 heterocycles. The lowest BCUT2D eigenvalue weighted by Gasteiger charge is -2.23. The summed E-state index contributed by atoms with van der Waals surface area (Å²) in [5.74, 6) is 1.25. The summed E-state index contributed by atoms with van der Waals surface area (Å²) >= 11 is 0. The smallest absolute Gasteiger partial charge is 0.169 e. The molecule has 26 heavy (non-hydrogen) atoms. The Morgan fingerprint density at radius 2 is 1.04 bits per heavy atom. The van der Waals surface area contributed by atoms with E-state index in [2.05, 4.69) is 23.1 Å². The summed E-state index contributed by atoms with van der Waals surface area (Å²) in [6.45, 7) is 8.00. The van der Waals surface area contributed by atoms with Crippen LogP contribution in [0.5, 0.6) is 11.5 Å². The van der Waals surface area contributed by atoms with Crippen LogP contribution < -0.4 is 9.47 Å². The Bertz CT molecular complexity index is 857.